The molecule has 2 rings (SSSR count). The Morgan fingerprint density at radius 3 is 2.70 bits per heavy atom. The minimum Gasteiger partial charge on any atom is -0.397 e. The van der Waals surface area contributed by atoms with Gasteiger partial charge in [0.15, 0.2) is 5.03 Å². The number of nitrogens with zero attached hydrogens (tertiary/aromatic N) is 2. The van der Waals surface area contributed by atoms with Crippen molar-refractivity contribution < 1.29 is 8.42 Å². The molecule has 2 aromatic rings. The highest BCUT2D eigenvalue weighted by atomic mass is 32.2. The van der Waals surface area contributed by atoms with Crippen LogP contribution in [0.2, 0.25) is 0 Å². The van der Waals surface area contributed by atoms with Crippen LogP contribution >= 0.6 is 0 Å². The highest BCUT2D eigenvalue weighted by molar-refractivity contribution is 7.92. The van der Waals surface area contributed by atoms with Crippen molar-refractivity contribution in [2.24, 2.45) is 0 Å². The van der Waals surface area contributed by atoms with Crippen LogP contribution in [0.1, 0.15) is 19.2 Å². The first-order valence-corrected chi connectivity index (χ1v) is 7.83. The van der Waals surface area contributed by atoms with Gasteiger partial charge in [-0.15, -0.1) is 0 Å². The Balaban J connectivity index is 2.31. The van der Waals surface area contributed by atoms with E-state index in [4.69, 9.17) is 5.73 Å². The number of rotatable bonds is 5. The summed E-state index contributed by atoms with van der Waals surface area (Å²) in [6.07, 6.45) is 2.45. The van der Waals surface area contributed by atoms with Crippen molar-refractivity contribution in [3.8, 4) is 0 Å². The molecule has 0 radical (unpaired) electrons. The van der Waals surface area contributed by atoms with Gasteiger partial charge >= 0.3 is 0 Å². The summed E-state index contributed by atoms with van der Waals surface area (Å²) in [5, 5.41) is 0.00621. The lowest BCUT2D eigenvalue weighted by atomic mass is 10.3. The van der Waals surface area contributed by atoms with Crippen molar-refractivity contribution in [2.75, 3.05) is 10.5 Å². The molecule has 0 aliphatic carbocycles. The van der Waals surface area contributed by atoms with Crippen LogP contribution in [0, 0.1) is 6.92 Å². The monoisotopic (exact) mass is 294 g/mol. The van der Waals surface area contributed by atoms with E-state index in [0.29, 0.717) is 17.2 Å². The lowest BCUT2D eigenvalue weighted by Crippen LogP contribution is -2.14. The zero-order chi connectivity index (χ0) is 14.8. The van der Waals surface area contributed by atoms with Crippen LogP contribution in [0.25, 0.3) is 0 Å². The fourth-order valence-electron chi connectivity index (χ4n) is 1.86. The van der Waals surface area contributed by atoms with Gasteiger partial charge in [0.25, 0.3) is 10.0 Å². The van der Waals surface area contributed by atoms with Crippen molar-refractivity contribution in [2.45, 2.75) is 31.8 Å². The lowest BCUT2D eigenvalue weighted by molar-refractivity contribution is 0.597. The topological polar surface area (TPSA) is 90.0 Å². The van der Waals surface area contributed by atoms with Crippen molar-refractivity contribution in [3.05, 3.63) is 36.3 Å². The lowest BCUT2D eigenvalue weighted by Gasteiger charge is -2.07. The predicted octanol–water partition coefficient (Wildman–Crippen LogP) is 1.98. The second-order valence-corrected chi connectivity index (χ2v) is 6.14. The summed E-state index contributed by atoms with van der Waals surface area (Å²) < 4.78 is 28.8. The van der Waals surface area contributed by atoms with E-state index in [1.165, 1.54) is 0 Å². The second kappa shape index (κ2) is 5.54. The van der Waals surface area contributed by atoms with Crippen LogP contribution in [-0.2, 0) is 16.6 Å². The third-order valence-electron chi connectivity index (χ3n) is 2.90. The molecule has 1 heterocycles. The van der Waals surface area contributed by atoms with Crippen LogP contribution in [0.3, 0.4) is 0 Å². The van der Waals surface area contributed by atoms with E-state index in [9.17, 15) is 8.42 Å². The molecule has 20 heavy (non-hydrogen) atoms. The van der Waals surface area contributed by atoms with Gasteiger partial charge in [-0.3, -0.25) is 4.72 Å². The molecule has 0 bridgehead atoms. The molecule has 7 heteroatoms. The van der Waals surface area contributed by atoms with Crippen molar-refractivity contribution in [1.29, 1.82) is 0 Å². The largest absolute Gasteiger partial charge is 0.397 e. The van der Waals surface area contributed by atoms with Crippen molar-refractivity contribution in [3.63, 3.8) is 0 Å². The Kier molecular flexibility index (Phi) is 3.99. The third kappa shape index (κ3) is 2.93. The maximum absolute atomic E-state index is 12.3. The van der Waals surface area contributed by atoms with Crippen molar-refractivity contribution >= 4 is 21.4 Å². The Hall–Kier alpha value is -2.02. The molecule has 1 aromatic heterocycles. The van der Waals surface area contributed by atoms with Crippen molar-refractivity contribution in [1.82, 2.24) is 9.55 Å². The van der Waals surface area contributed by atoms with Gasteiger partial charge in [0.1, 0.15) is 5.82 Å². The van der Waals surface area contributed by atoms with Gasteiger partial charge in [-0.25, -0.2) is 4.98 Å². The fraction of sp³-hybridized carbons (Fsp3) is 0.308. The molecular formula is C13H18N4O2S. The van der Waals surface area contributed by atoms with Gasteiger partial charge in [-0.2, -0.15) is 8.42 Å². The summed E-state index contributed by atoms with van der Waals surface area (Å²) in [5.41, 5.74) is 6.47. The zero-order valence-corrected chi connectivity index (χ0v) is 12.3. The normalized spacial score (nSPS) is 11.5. The third-order valence-corrected chi connectivity index (χ3v) is 4.13. The molecule has 0 atom stereocenters. The molecule has 0 saturated carbocycles. The predicted molar refractivity (Wildman–Crippen MR) is 78.9 cm³/mol. The molecule has 0 aliphatic heterocycles. The minimum absolute atomic E-state index is 0.00621. The van der Waals surface area contributed by atoms with E-state index < -0.39 is 10.0 Å². The molecule has 0 spiro atoms. The summed E-state index contributed by atoms with van der Waals surface area (Å²) in [7, 11) is -3.72. The molecule has 0 saturated heterocycles. The maximum atomic E-state index is 12.3. The number of aryl methyl sites for hydroxylation is 2. The van der Waals surface area contributed by atoms with Crippen LogP contribution in [0.5, 0.6) is 0 Å². The van der Waals surface area contributed by atoms with Crippen LogP contribution in [0.15, 0.2) is 35.5 Å². The quantitative estimate of drug-likeness (QED) is 0.825. The first-order chi connectivity index (χ1) is 9.44. The van der Waals surface area contributed by atoms with Gasteiger partial charge in [0, 0.05) is 12.7 Å². The Labute approximate surface area is 118 Å². The van der Waals surface area contributed by atoms with E-state index in [2.05, 4.69) is 9.71 Å². The number of hydrogen-bond acceptors (Lipinski definition) is 4. The summed E-state index contributed by atoms with van der Waals surface area (Å²) in [6.45, 7) is 4.55. The number of aromatic nitrogens is 2. The van der Waals surface area contributed by atoms with Crippen LogP contribution < -0.4 is 10.5 Å². The second-order valence-electron chi connectivity index (χ2n) is 4.51. The number of nitrogens with two attached hydrogens (primary N) is 1. The molecule has 0 aliphatic rings. The minimum atomic E-state index is -3.72. The molecular weight excluding hydrogens is 276 g/mol. The molecule has 0 unspecified atom stereocenters. The van der Waals surface area contributed by atoms with Crippen LogP contribution in [0.4, 0.5) is 11.4 Å². The van der Waals surface area contributed by atoms with Gasteiger partial charge < -0.3 is 10.3 Å². The number of imidazole rings is 1. The maximum Gasteiger partial charge on any atom is 0.281 e. The number of anilines is 2. The first-order valence-electron chi connectivity index (χ1n) is 6.35. The average Bonchev–Trinajstić information content (AvgIpc) is 2.75. The SMILES string of the molecule is CCCn1cc(S(=O)(=O)Nc2ccccc2N)nc1C. The summed E-state index contributed by atoms with van der Waals surface area (Å²) >= 11 is 0. The summed E-state index contributed by atoms with van der Waals surface area (Å²) in [5.74, 6) is 0.674. The zero-order valence-electron chi connectivity index (χ0n) is 11.5. The number of nitrogen functional groups attached to an aromatic ring is 1. The highest BCUT2D eigenvalue weighted by Gasteiger charge is 2.19. The molecule has 1 aromatic carbocycles. The smallest absolute Gasteiger partial charge is 0.281 e. The first kappa shape index (κ1) is 14.4. The molecule has 3 N–H and O–H groups in total. The van der Waals surface area contributed by atoms with Gasteiger partial charge in [0.05, 0.1) is 11.4 Å². The Morgan fingerprint density at radius 2 is 2.05 bits per heavy atom. The van der Waals surface area contributed by atoms with E-state index in [0.717, 1.165) is 13.0 Å². The highest BCUT2D eigenvalue weighted by Crippen LogP contribution is 2.21. The Morgan fingerprint density at radius 1 is 1.35 bits per heavy atom. The summed E-state index contributed by atoms with van der Waals surface area (Å²) in [6, 6.07) is 6.71. The molecule has 0 amide bonds. The van der Waals surface area contributed by atoms with Gasteiger partial charge in [-0.05, 0) is 25.5 Å². The number of sulfonamides is 1. The molecule has 6 nitrogen and oxygen atoms in total. The van der Waals surface area contributed by atoms with E-state index in [-0.39, 0.29) is 5.03 Å². The fourth-order valence-corrected chi connectivity index (χ4v) is 2.96. The average molecular weight is 294 g/mol. The molecule has 0 fully saturated rings. The standard InChI is InChI=1S/C13H18N4O2S/c1-3-8-17-9-13(15-10(17)2)20(18,19)16-12-7-5-4-6-11(12)14/h4-7,9,16H,3,8,14H2,1-2H3. The van der Waals surface area contributed by atoms with E-state index in [1.54, 1.807) is 37.4 Å². The number of nitrogens with one attached hydrogen (secondary N) is 1. The summed E-state index contributed by atoms with van der Waals surface area (Å²) in [4.78, 5) is 4.10. The Bertz CT molecular complexity index is 707. The van der Waals surface area contributed by atoms with Gasteiger partial charge in [-0.1, -0.05) is 19.1 Å². The van der Waals surface area contributed by atoms with Crippen LogP contribution in [-0.4, -0.2) is 18.0 Å². The number of hydrogen-bond donors (Lipinski definition) is 2. The van der Waals surface area contributed by atoms with E-state index in [1.807, 2.05) is 11.5 Å². The number of benzene rings is 1. The molecule has 108 valence electrons. The van der Waals surface area contributed by atoms with Gasteiger partial charge in [0.2, 0.25) is 0 Å². The number of para-hydroxylation sites is 2. The van der Waals surface area contributed by atoms with E-state index >= 15 is 0 Å².